The molecule has 0 saturated heterocycles. The first-order valence-electron chi connectivity index (χ1n) is 6.86. The molecule has 0 saturated carbocycles. The predicted molar refractivity (Wildman–Crippen MR) is 88.2 cm³/mol. The quantitative estimate of drug-likeness (QED) is 0.855. The third-order valence-corrected chi connectivity index (χ3v) is 3.38. The van der Waals surface area contributed by atoms with Crippen molar-refractivity contribution in [3.05, 3.63) is 53.2 Å². The lowest BCUT2D eigenvalue weighted by Crippen LogP contribution is -2.22. The Morgan fingerprint density at radius 1 is 1.36 bits per heavy atom. The maximum absolute atomic E-state index is 11.9. The predicted octanol–water partition coefficient (Wildman–Crippen LogP) is 3.49. The zero-order valence-corrected chi connectivity index (χ0v) is 13.2. The number of carbonyl (C=O) groups is 1. The molecule has 0 aliphatic carbocycles. The zero-order chi connectivity index (χ0) is 15.9. The molecule has 2 N–H and O–H groups in total. The molecular formula is C16H18ClN3O2. The van der Waals surface area contributed by atoms with Crippen molar-refractivity contribution in [2.75, 3.05) is 24.3 Å². The summed E-state index contributed by atoms with van der Waals surface area (Å²) < 4.78 is 5.28. The summed E-state index contributed by atoms with van der Waals surface area (Å²) >= 11 is 5.74. The molecule has 0 spiro atoms. The molecule has 0 aliphatic heterocycles. The highest BCUT2D eigenvalue weighted by Gasteiger charge is 2.06. The van der Waals surface area contributed by atoms with Gasteiger partial charge in [-0.05, 0) is 36.8 Å². The van der Waals surface area contributed by atoms with E-state index in [4.69, 9.17) is 16.3 Å². The standard InChI is InChI=1S/C16H18ClN3O2/c1-11(22-2)12-4-3-5-14(8-12)18-10-16(21)20-15-7-6-13(17)9-19-15/h3-9,11,18H,10H2,1-2H3,(H,19,20,21)/t11-/m1/s1. The van der Waals surface area contributed by atoms with Crippen LogP contribution in [0.25, 0.3) is 0 Å². The fraction of sp³-hybridized carbons (Fsp3) is 0.250. The van der Waals surface area contributed by atoms with E-state index in [0.29, 0.717) is 10.8 Å². The molecule has 0 radical (unpaired) electrons. The Morgan fingerprint density at radius 3 is 2.86 bits per heavy atom. The molecule has 116 valence electrons. The van der Waals surface area contributed by atoms with Gasteiger partial charge in [-0.1, -0.05) is 23.7 Å². The van der Waals surface area contributed by atoms with Crippen LogP contribution in [0, 0.1) is 0 Å². The van der Waals surface area contributed by atoms with E-state index in [-0.39, 0.29) is 18.6 Å². The third-order valence-electron chi connectivity index (χ3n) is 3.16. The molecule has 1 atom stereocenters. The average molecular weight is 320 g/mol. The Bertz CT molecular complexity index is 632. The second-order valence-electron chi connectivity index (χ2n) is 4.77. The second kappa shape index (κ2) is 7.77. The molecule has 2 rings (SSSR count). The van der Waals surface area contributed by atoms with Gasteiger partial charge in [0.1, 0.15) is 5.82 Å². The van der Waals surface area contributed by atoms with Crippen LogP contribution >= 0.6 is 11.6 Å². The summed E-state index contributed by atoms with van der Waals surface area (Å²) in [7, 11) is 1.66. The van der Waals surface area contributed by atoms with Crippen molar-refractivity contribution in [3.8, 4) is 0 Å². The van der Waals surface area contributed by atoms with Crippen molar-refractivity contribution >= 4 is 29.0 Å². The van der Waals surface area contributed by atoms with E-state index >= 15 is 0 Å². The summed E-state index contributed by atoms with van der Waals surface area (Å²) in [6.07, 6.45) is 1.49. The molecule has 0 aliphatic rings. The smallest absolute Gasteiger partial charge is 0.244 e. The maximum Gasteiger partial charge on any atom is 0.244 e. The fourth-order valence-corrected chi connectivity index (χ4v) is 1.97. The number of nitrogens with one attached hydrogen (secondary N) is 2. The number of nitrogens with zero attached hydrogens (tertiary/aromatic N) is 1. The van der Waals surface area contributed by atoms with Crippen LogP contribution in [0.3, 0.4) is 0 Å². The number of amides is 1. The molecule has 6 heteroatoms. The van der Waals surface area contributed by atoms with Crippen molar-refractivity contribution in [2.45, 2.75) is 13.0 Å². The normalized spacial score (nSPS) is 11.8. The highest BCUT2D eigenvalue weighted by atomic mass is 35.5. The van der Waals surface area contributed by atoms with Crippen LogP contribution in [0.1, 0.15) is 18.6 Å². The van der Waals surface area contributed by atoms with Gasteiger partial charge < -0.3 is 15.4 Å². The van der Waals surface area contributed by atoms with E-state index in [1.165, 1.54) is 6.20 Å². The summed E-state index contributed by atoms with van der Waals surface area (Å²) in [5.41, 5.74) is 1.91. The molecule has 2 aromatic rings. The Morgan fingerprint density at radius 2 is 2.18 bits per heavy atom. The minimum atomic E-state index is -0.181. The van der Waals surface area contributed by atoms with Gasteiger partial charge in [-0.3, -0.25) is 4.79 Å². The molecule has 1 heterocycles. The highest BCUT2D eigenvalue weighted by molar-refractivity contribution is 6.30. The number of methoxy groups -OCH3 is 1. The van der Waals surface area contributed by atoms with Crippen molar-refractivity contribution in [1.29, 1.82) is 0 Å². The second-order valence-corrected chi connectivity index (χ2v) is 5.20. The largest absolute Gasteiger partial charge is 0.377 e. The van der Waals surface area contributed by atoms with E-state index < -0.39 is 0 Å². The van der Waals surface area contributed by atoms with E-state index in [1.807, 2.05) is 31.2 Å². The van der Waals surface area contributed by atoms with Gasteiger partial charge in [-0.15, -0.1) is 0 Å². The first-order valence-corrected chi connectivity index (χ1v) is 7.24. The number of hydrogen-bond acceptors (Lipinski definition) is 4. The summed E-state index contributed by atoms with van der Waals surface area (Å²) in [6, 6.07) is 11.1. The Balaban J connectivity index is 1.89. The number of hydrogen-bond donors (Lipinski definition) is 2. The van der Waals surface area contributed by atoms with Crippen LogP contribution in [0.4, 0.5) is 11.5 Å². The molecule has 0 unspecified atom stereocenters. The maximum atomic E-state index is 11.9. The molecule has 0 fully saturated rings. The number of carbonyl (C=O) groups excluding carboxylic acids is 1. The average Bonchev–Trinajstić information content (AvgIpc) is 2.54. The Kier molecular flexibility index (Phi) is 5.75. The topological polar surface area (TPSA) is 63.2 Å². The Hall–Kier alpha value is -2.11. The van der Waals surface area contributed by atoms with Crippen LogP contribution in [0.15, 0.2) is 42.6 Å². The van der Waals surface area contributed by atoms with Crippen molar-refractivity contribution in [1.82, 2.24) is 4.98 Å². The number of halogens is 1. The monoisotopic (exact) mass is 319 g/mol. The SMILES string of the molecule is CO[C@H](C)c1cccc(NCC(=O)Nc2ccc(Cl)cn2)c1. The summed E-state index contributed by atoms with van der Waals surface area (Å²) in [4.78, 5) is 15.9. The van der Waals surface area contributed by atoms with Gasteiger partial charge in [-0.2, -0.15) is 0 Å². The zero-order valence-electron chi connectivity index (χ0n) is 12.5. The molecule has 22 heavy (non-hydrogen) atoms. The van der Waals surface area contributed by atoms with Gasteiger partial charge in [0.05, 0.1) is 17.7 Å². The van der Waals surface area contributed by atoms with Crippen LogP contribution in [-0.4, -0.2) is 24.5 Å². The van der Waals surface area contributed by atoms with Crippen LogP contribution in [0.2, 0.25) is 5.02 Å². The Labute approximate surface area is 134 Å². The number of pyridine rings is 1. The van der Waals surface area contributed by atoms with Crippen LogP contribution < -0.4 is 10.6 Å². The minimum Gasteiger partial charge on any atom is -0.377 e. The highest BCUT2D eigenvalue weighted by Crippen LogP contribution is 2.19. The number of ether oxygens (including phenoxy) is 1. The summed E-state index contributed by atoms with van der Waals surface area (Å²) in [6.45, 7) is 2.12. The lowest BCUT2D eigenvalue weighted by atomic mass is 10.1. The summed E-state index contributed by atoms with van der Waals surface area (Å²) in [5, 5.41) is 6.29. The number of aromatic nitrogens is 1. The first kappa shape index (κ1) is 16.3. The van der Waals surface area contributed by atoms with E-state index in [9.17, 15) is 4.79 Å². The number of benzene rings is 1. The molecule has 1 aromatic heterocycles. The van der Waals surface area contributed by atoms with Crippen molar-refractivity contribution < 1.29 is 9.53 Å². The summed E-state index contributed by atoms with van der Waals surface area (Å²) in [5.74, 6) is 0.290. The van der Waals surface area contributed by atoms with E-state index in [0.717, 1.165) is 11.3 Å². The third kappa shape index (κ3) is 4.72. The van der Waals surface area contributed by atoms with Crippen LogP contribution in [0.5, 0.6) is 0 Å². The van der Waals surface area contributed by atoms with Gasteiger partial charge >= 0.3 is 0 Å². The van der Waals surface area contributed by atoms with E-state index in [2.05, 4.69) is 15.6 Å². The first-order chi connectivity index (χ1) is 10.6. The van der Waals surface area contributed by atoms with E-state index in [1.54, 1.807) is 19.2 Å². The van der Waals surface area contributed by atoms with Crippen molar-refractivity contribution in [2.24, 2.45) is 0 Å². The minimum absolute atomic E-state index is 0.00819. The van der Waals surface area contributed by atoms with Gasteiger partial charge in [0.25, 0.3) is 0 Å². The molecule has 1 aromatic carbocycles. The van der Waals surface area contributed by atoms with Crippen molar-refractivity contribution in [3.63, 3.8) is 0 Å². The molecule has 1 amide bonds. The molecular weight excluding hydrogens is 302 g/mol. The van der Waals surface area contributed by atoms with Crippen LogP contribution in [-0.2, 0) is 9.53 Å². The van der Waals surface area contributed by atoms with Gasteiger partial charge in [0.15, 0.2) is 0 Å². The lowest BCUT2D eigenvalue weighted by molar-refractivity contribution is -0.114. The van der Waals surface area contributed by atoms with Gasteiger partial charge in [0.2, 0.25) is 5.91 Å². The lowest BCUT2D eigenvalue weighted by Gasteiger charge is -2.12. The van der Waals surface area contributed by atoms with Gasteiger partial charge in [-0.25, -0.2) is 4.98 Å². The molecule has 5 nitrogen and oxygen atoms in total. The number of rotatable bonds is 6. The fourth-order valence-electron chi connectivity index (χ4n) is 1.86. The number of anilines is 2. The van der Waals surface area contributed by atoms with Gasteiger partial charge in [0, 0.05) is 19.0 Å². The molecule has 0 bridgehead atoms.